The van der Waals surface area contributed by atoms with Gasteiger partial charge in [0.1, 0.15) is 4.88 Å². The number of aryl methyl sites for hydroxylation is 2. The van der Waals surface area contributed by atoms with E-state index < -0.39 is 0 Å². The summed E-state index contributed by atoms with van der Waals surface area (Å²) in [5, 5.41) is 7.28. The summed E-state index contributed by atoms with van der Waals surface area (Å²) >= 11 is 7.45. The van der Waals surface area contributed by atoms with Crippen LogP contribution in [0.5, 0.6) is 0 Å². The molecular formula is C18H16ClN3OS. The molecule has 0 radical (unpaired) electrons. The Morgan fingerprint density at radius 1 is 1.08 bits per heavy atom. The van der Waals surface area contributed by atoms with Gasteiger partial charge in [0, 0.05) is 5.69 Å². The molecule has 6 heteroatoms. The van der Waals surface area contributed by atoms with Gasteiger partial charge in [0.2, 0.25) is 0 Å². The molecule has 0 aliphatic carbocycles. The number of thiazole rings is 1. The maximum atomic E-state index is 12.4. The Labute approximate surface area is 149 Å². The van der Waals surface area contributed by atoms with Gasteiger partial charge in [-0.1, -0.05) is 53.3 Å². The van der Waals surface area contributed by atoms with Crippen molar-refractivity contribution in [2.24, 2.45) is 0 Å². The number of amides is 1. The molecule has 1 aromatic heterocycles. The number of benzene rings is 2. The first-order chi connectivity index (χ1) is 11.5. The molecule has 24 heavy (non-hydrogen) atoms. The fourth-order valence-corrected chi connectivity index (χ4v) is 3.22. The van der Waals surface area contributed by atoms with Crippen LogP contribution in [0.15, 0.2) is 48.7 Å². The topological polar surface area (TPSA) is 54.0 Å². The zero-order valence-electron chi connectivity index (χ0n) is 13.3. The molecule has 1 heterocycles. The van der Waals surface area contributed by atoms with E-state index in [1.165, 1.54) is 11.3 Å². The monoisotopic (exact) mass is 357 g/mol. The van der Waals surface area contributed by atoms with E-state index in [9.17, 15) is 4.79 Å². The Kier molecular flexibility index (Phi) is 4.83. The summed E-state index contributed by atoms with van der Waals surface area (Å²) in [4.78, 5) is 17.2. The fourth-order valence-electron chi connectivity index (χ4n) is 2.23. The summed E-state index contributed by atoms with van der Waals surface area (Å²) in [5.41, 5.74) is 3.63. The minimum atomic E-state index is -0.221. The first-order valence-corrected chi connectivity index (χ1v) is 8.59. The van der Waals surface area contributed by atoms with Gasteiger partial charge in [0.05, 0.1) is 16.9 Å². The van der Waals surface area contributed by atoms with E-state index in [1.807, 2.05) is 50.2 Å². The van der Waals surface area contributed by atoms with Crippen molar-refractivity contribution < 1.29 is 4.79 Å². The Bertz CT molecular complexity index is 871. The van der Waals surface area contributed by atoms with Crippen LogP contribution in [0, 0.1) is 13.8 Å². The van der Waals surface area contributed by atoms with Crippen LogP contribution < -0.4 is 10.6 Å². The van der Waals surface area contributed by atoms with Gasteiger partial charge in [0.15, 0.2) is 5.13 Å². The van der Waals surface area contributed by atoms with Gasteiger partial charge < -0.3 is 10.6 Å². The normalized spacial score (nSPS) is 10.5. The van der Waals surface area contributed by atoms with E-state index in [1.54, 1.807) is 12.3 Å². The molecule has 0 fully saturated rings. The number of carbonyl (C=O) groups excluding carboxylic acids is 1. The van der Waals surface area contributed by atoms with Crippen LogP contribution in [-0.4, -0.2) is 10.9 Å². The highest BCUT2D eigenvalue weighted by atomic mass is 35.5. The molecule has 1 amide bonds. The number of hydrogen-bond acceptors (Lipinski definition) is 4. The van der Waals surface area contributed by atoms with Gasteiger partial charge in [0.25, 0.3) is 5.91 Å². The van der Waals surface area contributed by atoms with Gasteiger partial charge in [-0.2, -0.15) is 0 Å². The lowest BCUT2D eigenvalue weighted by atomic mass is 10.2. The van der Waals surface area contributed by atoms with Crippen molar-refractivity contribution in [1.29, 1.82) is 0 Å². The van der Waals surface area contributed by atoms with E-state index >= 15 is 0 Å². The summed E-state index contributed by atoms with van der Waals surface area (Å²) in [7, 11) is 0. The van der Waals surface area contributed by atoms with Crippen LogP contribution >= 0.6 is 22.9 Å². The predicted octanol–water partition coefficient (Wildman–Crippen LogP) is 5.41. The zero-order valence-corrected chi connectivity index (χ0v) is 14.8. The van der Waals surface area contributed by atoms with Crippen molar-refractivity contribution in [3.63, 3.8) is 0 Å². The Morgan fingerprint density at radius 2 is 1.83 bits per heavy atom. The van der Waals surface area contributed by atoms with Crippen molar-refractivity contribution in [1.82, 2.24) is 4.98 Å². The number of rotatable bonds is 4. The average Bonchev–Trinajstić information content (AvgIpc) is 3.02. The Morgan fingerprint density at radius 3 is 2.58 bits per heavy atom. The Balaban J connectivity index is 1.76. The summed E-state index contributed by atoms with van der Waals surface area (Å²) < 4.78 is 0. The molecule has 3 aromatic rings. The summed E-state index contributed by atoms with van der Waals surface area (Å²) in [6.07, 6.45) is 1.56. The maximum Gasteiger partial charge on any atom is 0.267 e. The van der Waals surface area contributed by atoms with Crippen molar-refractivity contribution in [2.75, 3.05) is 10.6 Å². The van der Waals surface area contributed by atoms with Crippen LogP contribution in [0.4, 0.5) is 16.5 Å². The number of nitrogens with one attached hydrogen (secondary N) is 2. The molecule has 3 rings (SSSR count). The van der Waals surface area contributed by atoms with Gasteiger partial charge in [-0.3, -0.25) is 4.79 Å². The highest BCUT2D eigenvalue weighted by molar-refractivity contribution is 7.17. The first-order valence-electron chi connectivity index (χ1n) is 7.39. The van der Waals surface area contributed by atoms with Gasteiger partial charge in [-0.25, -0.2) is 4.98 Å². The average molecular weight is 358 g/mol. The van der Waals surface area contributed by atoms with Crippen LogP contribution in [0.25, 0.3) is 0 Å². The van der Waals surface area contributed by atoms with E-state index in [4.69, 9.17) is 11.6 Å². The fraction of sp³-hybridized carbons (Fsp3) is 0.111. The number of nitrogens with zero attached hydrogens (tertiary/aromatic N) is 1. The van der Waals surface area contributed by atoms with E-state index in [0.717, 1.165) is 16.8 Å². The third-order valence-electron chi connectivity index (χ3n) is 3.58. The van der Waals surface area contributed by atoms with Crippen molar-refractivity contribution in [2.45, 2.75) is 13.8 Å². The molecule has 0 aliphatic heterocycles. The van der Waals surface area contributed by atoms with Crippen LogP contribution in [0.2, 0.25) is 5.02 Å². The molecule has 0 bridgehead atoms. The second kappa shape index (κ2) is 7.03. The van der Waals surface area contributed by atoms with Gasteiger partial charge >= 0.3 is 0 Å². The maximum absolute atomic E-state index is 12.4. The molecular weight excluding hydrogens is 342 g/mol. The quantitative estimate of drug-likeness (QED) is 0.656. The molecule has 0 spiro atoms. The van der Waals surface area contributed by atoms with Gasteiger partial charge in [-0.15, -0.1) is 0 Å². The lowest BCUT2D eigenvalue weighted by Crippen LogP contribution is -2.11. The molecule has 0 saturated carbocycles. The van der Waals surface area contributed by atoms with Crippen molar-refractivity contribution in [3.05, 3.63) is 69.7 Å². The molecule has 0 saturated heterocycles. The number of anilines is 3. The van der Waals surface area contributed by atoms with Crippen LogP contribution in [-0.2, 0) is 0 Å². The third-order valence-corrected chi connectivity index (χ3v) is 4.80. The third kappa shape index (κ3) is 3.58. The van der Waals surface area contributed by atoms with E-state index in [-0.39, 0.29) is 5.91 Å². The van der Waals surface area contributed by atoms with Crippen LogP contribution in [0.1, 0.15) is 20.8 Å². The molecule has 2 N–H and O–H groups in total. The minimum Gasteiger partial charge on any atom is -0.331 e. The molecule has 0 atom stereocenters. The molecule has 122 valence electrons. The first kappa shape index (κ1) is 16.5. The van der Waals surface area contributed by atoms with E-state index in [0.29, 0.717) is 20.7 Å². The van der Waals surface area contributed by atoms with Crippen molar-refractivity contribution >= 4 is 45.4 Å². The number of halogens is 1. The lowest BCUT2D eigenvalue weighted by molar-refractivity contribution is 0.103. The predicted molar refractivity (Wildman–Crippen MR) is 101 cm³/mol. The van der Waals surface area contributed by atoms with Crippen molar-refractivity contribution in [3.8, 4) is 0 Å². The zero-order chi connectivity index (χ0) is 17.1. The number of carbonyl (C=O) groups is 1. The standard InChI is InChI=1S/C18H16ClN3OS/c1-11-6-3-4-9-14(11)21-18-20-10-15(24-18)17(23)22-16-12(2)7-5-8-13(16)19/h3-10H,1-2H3,(H,20,21)(H,22,23). The highest BCUT2D eigenvalue weighted by Gasteiger charge is 2.14. The molecule has 0 aliphatic rings. The SMILES string of the molecule is Cc1ccccc1Nc1ncc(C(=O)Nc2c(C)cccc2Cl)s1. The second-order valence-corrected chi connectivity index (χ2v) is 6.79. The number of para-hydroxylation sites is 2. The number of hydrogen-bond donors (Lipinski definition) is 2. The molecule has 2 aromatic carbocycles. The van der Waals surface area contributed by atoms with Gasteiger partial charge in [-0.05, 0) is 37.1 Å². The smallest absolute Gasteiger partial charge is 0.267 e. The molecule has 4 nitrogen and oxygen atoms in total. The molecule has 0 unspecified atom stereocenters. The summed E-state index contributed by atoms with van der Waals surface area (Å²) in [6, 6.07) is 13.4. The lowest BCUT2D eigenvalue weighted by Gasteiger charge is -2.09. The largest absolute Gasteiger partial charge is 0.331 e. The Hall–Kier alpha value is -2.37. The van der Waals surface area contributed by atoms with E-state index in [2.05, 4.69) is 15.6 Å². The van der Waals surface area contributed by atoms with Crippen LogP contribution in [0.3, 0.4) is 0 Å². The summed E-state index contributed by atoms with van der Waals surface area (Å²) in [6.45, 7) is 3.92. The highest BCUT2D eigenvalue weighted by Crippen LogP contribution is 2.28. The summed E-state index contributed by atoms with van der Waals surface area (Å²) in [5.74, 6) is -0.221. The number of aromatic nitrogens is 1. The second-order valence-electron chi connectivity index (χ2n) is 5.36. The minimum absolute atomic E-state index is 0.221.